The summed E-state index contributed by atoms with van der Waals surface area (Å²) in [4.78, 5) is 66.2. The van der Waals surface area contributed by atoms with Crippen molar-refractivity contribution in [3.8, 4) is 11.6 Å². The molecule has 3 heterocycles. The van der Waals surface area contributed by atoms with Gasteiger partial charge in [0, 0.05) is 18.4 Å². The van der Waals surface area contributed by atoms with Crippen LogP contribution in [0.5, 0.6) is 11.6 Å². The van der Waals surface area contributed by atoms with Gasteiger partial charge in [-0.3, -0.25) is 19.1 Å². The van der Waals surface area contributed by atoms with Gasteiger partial charge in [0.15, 0.2) is 0 Å². The smallest absolute Gasteiger partial charge is 0.428 e. The fourth-order valence-electron chi connectivity index (χ4n) is 7.74. The number of nitrogens with zero attached hydrogens (tertiary/aromatic N) is 3. The monoisotopic (exact) mass is 820 g/mol. The van der Waals surface area contributed by atoms with Gasteiger partial charge in [-0.15, -0.1) is 0 Å². The van der Waals surface area contributed by atoms with Gasteiger partial charge >= 0.3 is 12.3 Å². The maximum Gasteiger partial charge on any atom is 0.428 e. The molecule has 4 fully saturated rings. The van der Waals surface area contributed by atoms with Crippen LogP contribution in [0.1, 0.15) is 89.7 Å². The molecule has 0 bridgehead atoms. The predicted octanol–water partition coefficient (Wildman–Crippen LogP) is 4.27. The van der Waals surface area contributed by atoms with Crippen LogP contribution in [0.4, 0.5) is 18.0 Å². The molecule has 57 heavy (non-hydrogen) atoms. The zero-order valence-electron chi connectivity index (χ0n) is 31.9. The van der Waals surface area contributed by atoms with Crippen molar-refractivity contribution in [1.82, 2.24) is 30.2 Å². The van der Waals surface area contributed by atoms with Crippen molar-refractivity contribution in [2.45, 2.75) is 131 Å². The maximum atomic E-state index is 14.5. The van der Waals surface area contributed by atoms with Gasteiger partial charge < -0.3 is 29.7 Å². The standard InChI is InChI=1S/C38H47F3N6O9S/c1-22-31(43-28-18-24(54-3)12-13-26(28)42-22)55-25-19-29-30(48)45-37(33(50)46-57(52,53)35(2)16-17-35)20-23(37)10-7-5-4-6-8-11-27(32(49)47(29)21-25)44-34(51)56-36(14-9-15-36)38(39,40)41/h7,10,12-13,18,23,25,27,29H,4-6,8-9,11,14-17,19-21H2,1-3H3,(H,44,51)(H,45,48)(H,46,50)/b10-7+/t23-,25-,27+,29+,37-/m1/s1. The zero-order valence-corrected chi connectivity index (χ0v) is 32.8. The number of halogens is 3. The molecule has 0 spiro atoms. The van der Waals surface area contributed by atoms with E-state index in [-0.39, 0.29) is 38.1 Å². The number of sulfonamides is 1. The summed E-state index contributed by atoms with van der Waals surface area (Å²) in [7, 11) is -2.56. The Morgan fingerprint density at radius 3 is 2.46 bits per heavy atom. The molecule has 0 unspecified atom stereocenters. The van der Waals surface area contributed by atoms with Gasteiger partial charge in [0.25, 0.3) is 5.91 Å². The van der Waals surface area contributed by atoms with Crippen molar-refractivity contribution in [1.29, 1.82) is 0 Å². The quantitative estimate of drug-likeness (QED) is 0.322. The molecule has 1 aromatic heterocycles. The second-order valence-electron chi connectivity index (χ2n) is 16.1. The molecule has 1 saturated heterocycles. The van der Waals surface area contributed by atoms with E-state index in [1.807, 2.05) is 6.08 Å². The third kappa shape index (κ3) is 7.95. The number of nitrogens with one attached hydrogen (secondary N) is 3. The lowest BCUT2D eigenvalue weighted by Gasteiger charge is -2.42. The van der Waals surface area contributed by atoms with Crippen LogP contribution >= 0.6 is 0 Å². The number of carbonyl (C=O) groups excluding carboxylic acids is 4. The minimum Gasteiger partial charge on any atom is -0.497 e. The third-order valence-electron chi connectivity index (χ3n) is 12.0. The van der Waals surface area contributed by atoms with Crippen molar-refractivity contribution in [3.05, 3.63) is 36.0 Å². The number of ether oxygens (including phenoxy) is 3. The van der Waals surface area contributed by atoms with Crippen LogP contribution in [0.15, 0.2) is 30.4 Å². The lowest BCUT2D eigenvalue weighted by Crippen LogP contribution is -2.59. The largest absolute Gasteiger partial charge is 0.497 e. The van der Waals surface area contributed by atoms with Gasteiger partial charge in [0.05, 0.1) is 29.4 Å². The summed E-state index contributed by atoms with van der Waals surface area (Å²) in [5.74, 6) is -2.31. The van der Waals surface area contributed by atoms with E-state index in [1.165, 1.54) is 18.9 Å². The molecule has 2 aliphatic heterocycles. The van der Waals surface area contributed by atoms with Crippen molar-refractivity contribution in [2.75, 3.05) is 13.7 Å². The zero-order chi connectivity index (χ0) is 41.0. The van der Waals surface area contributed by atoms with Crippen molar-refractivity contribution in [3.63, 3.8) is 0 Å². The van der Waals surface area contributed by atoms with E-state index in [4.69, 9.17) is 14.2 Å². The highest BCUT2D eigenvalue weighted by molar-refractivity contribution is 7.91. The first-order valence-electron chi connectivity index (χ1n) is 19.3. The molecule has 2 aromatic rings. The molecule has 1 aromatic carbocycles. The van der Waals surface area contributed by atoms with Crippen molar-refractivity contribution >= 4 is 44.9 Å². The average molecular weight is 821 g/mol. The normalized spacial score (nSPS) is 28.9. The fraction of sp³-hybridized carbons (Fsp3) is 0.632. The molecule has 310 valence electrons. The van der Waals surface area contributed by atoms with Crippen LogP contribution in [0.2, 0.25) is 0 Å². The molecule has 0 radical (unpaired) electrons. The molecule has 3 saturated carbocycles. The highest BCUT2D eigenvalue weighted by Crippen LogP contribution is 2.49. The summed E-state index contributed by atoms with van der Waals surface area (Å²) in [5.41, 5.74) is -2.84. The van der Waals surface area contributed by atoms with E-state index in [0.29, 0.717) is 61.0 Å². The van der Waals surface area contributed by atoms with E-state index in [1.54, 1.807) is 31.2 Å². The Hall–Kier alpha value is -4.68. The first-order valence-corrected chi connectivity index (χ1v) is 20.8. The minimum atomic E-state index is -4.81. The summed E-state index contributed by atoms with van der Waals surface area (Å²) in [6, 6.07) is 2.45. The highest BCUT2D eigenvalue weighted by Gasteiger charge is 2.64. The summed E-state index contributed by atoms with van der Waals surface area (Å²) < 4.78 is 85.7. The molecule has 3 aliphatic carbocycles. The number of alkyl halides is 3. The number of hydrogen-bond acceptors (Lipinski definition) is 11. The average Bonchev–Trinajstić information content (AvgIpc) is 4.01. The fourth-order valence-corrected chi connectivity index (χ4v) is 9.05. The van der Waals surface area contributed by atoms with E-state index in [9.17, 15) is 40.8 Å². The van der Waals surface area contributed by atoms with E-state index >= 15 is 0 Å². The lowest BCUT2D eigenvalue weighted by atomic mass is 9.79. The Morgan fingerprint density at radius 1 is 1.04 bits per heavy atom. The van der Waals surface area contributed by atoms with Crippen molar-refractivity contribution < 1.29 is 55.0 Å². The van der Waals surface area contributed by atoms with Gasteiger partial charge in [-0.1, -0.05) is 25.0 Å². The molecular formula is C38H47F3N6O9S. The first kappa shape index (κ1) is 40.5. The number of alkyl carbamates (subject to hydrolysis) is 1. The predicted molar refractivity (Wildman–Crippen MR) is 197 cm³/mol. The first-order chi connectivity index (χ1) is 26.9. The Labute approximate surface area is 327 Å². The second kappa shape index (κ2) is 14.9. The van der Waals surface area contributed by atoms with Crippen LogP contribution in [0, 0.1) is 12.8 Å². The molecule has 19 heteroatoms. The SMILES string of the molecule is COc1ccc2nc(C)c(O[C@@H]3C[C@H]4C(=O)N[C@]5(C(=O)NS(=O)(=O)C6(C)CC6)C[C@H]5/C=C/CCCCC[C@H](NC(=O)OC5(C(F)(F)F)CCC5)C(=O)N4C3)nc2c1. The Morgan fingerprint density at radius 2 is 1.79 bits per heavy atom. The van der Waals surface area contributed by atoms with Gasteiger partial charge in [-0.2, -0.15) is 13.2 Å². The molecule has 5 atom stereocenters. The highest BCUT2D eigenvalue weighted by atomic mass is 32.2. The van der Waals surface area contributed by atoms with Crippen LogP contribution in [-0.4, -0.2) is 101 Å². The minimum absolute atomic E-state index is 0.0374. The van der Waals surface area contributed by atoms with Gasteiger partial charge in [-0.25, -0.2) is 23.2 Å². The molecule has 5 aliphatic rings. The topological polar surface area (TPSA) is 195 Å². The molecule has 7 rings (SSSR count). The van der Waals surface area contributed by atoms with Crippen LogP contribution < -0.4 is 24.8 Å². The number of allylic oxidation sites excluding steroid dienone is 1. The third-order valence-corrected chi connectivity index (χ3v) is 14.2. The van der Waals surface area contributed by atoms with E-state index in [0.717, 1.165) is 0 Å². The molecule has 15 nitrogen and oxygen atoms in total. The lowest BCUT2D eigenvalue weighted by molar-refractivity contribution is -0.284. The van der Waals surface area contributed by atoms with Gasteiger partial charge in [-0.05, 0) is 83.8 Å². The number of benzene rings is 1. The number of aryl methyl sites for hydroxylation is 1. The van der Waals surface area contributed by atoms with Crippen LogP contribution in [0.3, 0.4) is 0 Å². The molecule has 3 N–H and O–H groups in total. The summed E-state index contributed by atoms with van der Waals surface area (Å²) >= 11 is 0. The van der Waals surface area contributed by atoms with Crippen LogP contribution in [0.25, 0.3) is 11.0 Å². The van der Waals surface area contributed by atoms with E-state index < -0.39 is 92.8 Å². The van der Waals surface area contributed by atoms with Crippen LogP contribution in [-0.2, 0) is 29.1 Å². The van der Waals surface area contributed by atoms with E-state index in [2.05, 4.69) is 25.3 Å². The summed E-state index contributed by atoms with van der Waals surface area (Å²) in [6.07, 6.45) is -1.03. The summed E-state index contributed by atoms with van der Waals surface area (Å²) in [6.45, 7) is 3.01. The number of rotatable bonds is 8. The second-order valence-corrected chi connectivity index (χ2v) is 18.3. The molecule has 4 amide bonds. The Balaban J connectivity index is 1.18. The number of methoxy groups -OCH3 is 1. The number of aromatic nitrogens is 2. The summed E-state index contributed by atoms with van der Waals surface area (Å²) in [5, 5.41) is 5.15. The maximum absolute atomic E-state index is 14.5. The van der Waals surface area contributed by atoms with Gasteiger partial charge in [0.2, 0.25) is 33.3 Å². The number of fused-ring (bicyclic) bond motifs is 3. The van der Waals surface area contributed by atoms with Gasteiger partial charge in [0.1, 0.15) is 35.2 Å². The number of amides is 4. The Bertz CT molecular complexity index is 2090. The molecular weight excluding hydrogens is 774 g/mol. The Kier molecular flexibility index (Phi) is 10.6. The van der Waals surface area contributed by atoms with Crippen molar-refractivity contribution in [2.24, 2.45) is 5.92 Å². The number of hydrogen-bond donors (Lipinski definition) is 3. The number of carbonyl (C=O) groups is 4.